The fourth-order valence-corrected chi connectivity index (χ4v) is 12.9. The number of carbonyl (C=O) groups is 13. The lowest BCUT2D eigenvalue weighted by atomic mass is 9.82. The van der Waals surface area contributed by atoms with Crippen molar-refractivity contribution in [2.75, 3.05) is 62.1 Å². The molecule has 1 saturated heterocycles. The molecule has 24 nitrogen and oxygen atoms in total. The van der Waals surface area contributed by atoms with Gasteiger partial charge in [0.1, 0.15) is 12.1 Å². The lowest BCUT2D eigenvalue weighted by Crippen LogP contribution is -2.53. The summed E-state index contributed by atoms with van der Waals surface area (Å²) in [7, 11) is 8.97. The minimum absolute atomic E-state index is 0.0688. The highest BCUT2D eigenvalue weighted by atomic mass is 16.6. The van der Waals surface area contributed by atoms with Crippen LogP contribution in [0.25, 0.3) is 0 Å². The summed E-state index contributed by atoms with van der Waals surface area (Å²) < 4.78 is 16.2. The third kappa shape index (κ3) is 34.0. The van der Waals surface area contributed by atoms with Crippen LogP contribution in [-0.4, -0.2) is 217 Å². The molecule has 0 aromatic rings. The van der Waals surface area contributed by atoms with Crippen molar-refractivity contribution in [2.24, 2.45) is 65.1 Å². The number of nitrogens with one attached hydrogen (secondary N) is 2. The Morgan fingerprint density at radius 1 is 0.559 bits per heavy atom. The van der Waals surface area contributed by atoms with Gasteiger partial charge in [-0.3, -0.25) is 57.5 Å². The highest BCUT2D eigenvalue weighted by molar-refractivity contribution is 5.99. The smallest absolute Gasteiger partial charge is 0.409 e. The van der Waals surface area contributed by atoms with Crippen molar-refractivity contribution in [3.63, 3.8) is 0 Å². The number of aliphatic hydroxyl groups excluding tert-OH is 1. The van der Waals surface area contributed by atoms with Gasteiger partial charge in [0.2, 0.25) is 35.4 Å². The number of aliphatic hydroxyl groups is 1. The molecular weight excluding hydrogens is 1310 g/mol. The van der Waals surface area contributed by atoms with Crippen LogP contribution in [0.5, 0.6) is 0 Å². The standard InChI is InChI=1S/C69H119N7O15.C9H18O2/c1-23-25-28-45(13)63(83)51-39-58(80)61(44(11)12)76(22)67(87)49(33-40(3)4)37-57(79)54(35-42(7)8)73(19)66(86)47(15)70-64(84)46(14)36-56(78)53(34-41(5)6)74(20)68(88)50(43(9)10)38-59(81)62(48(16)90-31-26-27-32-91-69(89)72(17)18)75(21)60(82)30-29-55(77)52(24-2)71-65(51)85;1-8(2)6-4-5-7-11-9(3)10/h23,25,40-54,61-63,83H,24,26-39H2,1-22H3,(H,70,84)(H,71,85);8H,4-7H2,1-3H3/b25-23+;/t45-,46-,47-,48-,49-,50+,51+,52+,53+,54+,61+,62+,63-;/m1./s1. The second-order valence-corrected chi connectivity index (χ2v) is 31.1. The van der Waals surface area contributed by atoms with E-state index in [-0.39, 0.29) is 88.3 Å². The second kappa shape index (κ2) is 48.6. The van der Waals surface area contributed by atoms with Crippen molar-refractivity contribution in [3.8, 4) is 0 Å². The molecule has 0 spiro atoms. The largest absolute Gasteiger partial charge is 0.466 e. The van der Waals surface area contributed by atoms with Gasteiger partial charge in [-0.05, 0) is 120 Å². The Hall–Kier alpha value is -6.43. The zero-order chi connectivity index (χ0) is 78.7. The number of likely N-dealkylation sites (N-methyl/N-ethyl adjacent to an activating group) is 4. The van der Waals surface area contributed by atoms with Crippen molar-refractivity contribution in [3.05, 3.63) is 12.2 Å². The van der Waals surface area contributed by atoms with Gasteiger partial charge in [-0.15, -0.1) is 0 Å². The van der Waals surface area contributed by atoms with Crippen LogP contribution in [0.4, 0.5) is 4.79 Å². The summed E-state index contributed by atoms with van der Waals surface area (Å²) in [5, 5.41) is 17.5. The van der Waals surface area contributed by atoms with Gasteiger partial charge < -0.3 is 54.5 Å². The number of esters is 1. The number of ether oxygens (including phenoxy) is 3. The second-order valence-electron chi connectivity index (χ2n) is 31.1. The molecule has 0 aromatic carbocycles. The Morgan fingerprint density at radius 3 is 1.57 bits per heavy atom. The molecule has 7 amide bonds. The van der Waals surface area contributed by atoms with Gasteiger partial charge in [0.15, 0.2) is 28.9 Å². The van der Waals surface area contributed by atoms with Crippen molar-refractivity contribution >= 4 is 76.4 Å². The molecule has 1 aliphatic rings. The first kappa shape index (κ1) is 95.6. The minimum Gasteiger partial charge on any atom is -0.466 e. The van der Waals surface area contributed by atoms with Crippen LogP contribution in [0.3, 0.4) is 0 Å². The van der Waals surface area contributed by atoms with E-state index in [9.17, 15) is 67.4 Å². The molecule has 3 N–H and O–H groups in total. The third-order valence-corrected chi connectivity index (χ3v) is 19.0. The van der Waals surface area contributed by atoms with Gasteiger partial charge in [-0.2, -0.15) is 0 Å². The van der Waals surface area contributed by atoms with E-state index in [0.717, 1.165) is 18.8 Å². The first-order valence-corrected chi connectivity index (χ1v) is 37.6. The number of rotatable bonds is 25. The van der Waals surface area contributed by atoms with Crippen LogP contribution in [0, 0.1) is 65.1 Å². The van der Waals surface area contributed by atoms with Crippen LogP contribution in [0.1, 0.15) is 234 Å². The van der Waals surface area contributed by atoms with E-state index in [2.05, 4.69) is 24.5 Å². The number of nitrogens with zero attached hydrogens (tertiary/aromatic N) is 5. The van der Waals surface area contributed by atoms with Crippen molar-refractivity contribution in [1.29, 1.82) is 0 Å². The number of allylic oxidation sites excluding steroid dienone is 2. The lowest BCUT2D eigenvalue weighted by molar-refractivity contribution is -0.148. The Labute approximate surface area is 612 Å². The van der Waals surface area contributed by atoms with Gasteiger partial charge in [0.05, 0.1) is 55.5 Å². The Kier molecular flexibility index (Phi) is 45.5. The third-order valence-electron chi connectivity index (χ3n) is 19.0. The van der Waals surface area contributed by atoms with Crippen LogP contribution in [-0.2, 0) is 71.7 Å². The van der Waals surface area contributed by atoms with E-state index in [0.29, 0.717) is 25.9 Å². The average Bonchev–Trinajstić information content (AvgIpc) is 0.829. The maximum absolute atomic E-state index is 14.9. The van der Waals surface area contributed by atoms with E-state index >= 15 is 0 Å². The number of amides is 7. The van der Waals surface area contributed by atoms with Gasteiger partial charge in [0, 0.05) is 112 Å². The summed E-state index contributed by atoms with van der Waals surface area (Å²) in [5.74, 6) is -11.6. The molecule has 1 aliphatic heterocycles. The number of unbranched alkanes of at least 4 members (excludes halogenated alkanes) is 2. The van der Waals surface area contributed by atoms with Crippen LogP contribution in [0.15, 0.2) is 12.2 Å². The van der Waals surface area contributed by atoms with Gasteiger partial charge >= 0.3 is 12.1 Å². The summed E-state index contributed by atoms with van der Waals surface area (Å²) in [6.45, 7) is 34.9. The maximum Gasteiger partial charge on any atom is 0.409 e. The van der Waals surface area contributed by atoms with Crippen molar-refractivity contribution < 1.29 is 81.6 Å². The summed E-state index contributed by atoms with van der Waals surface area (Å²) in [5.41, 5.74) is 0. The number of hydrogen-bond donors (Lipinski definition) is 3. The summed E-state index contributed by atoms with van der Waals surface area (Å²) in [6, 6.07) is -6.80. The molecule has 0 aliphatic carbocycles. The number of hydrogen-bond acceptors (Lipinski definition) is 17. The predicted molar refractivity (Wildman–Crippen MR) is 396 cm³/mol. The van der Waals surface area contributed by atoms with E-state index in [1.165, 1.54) is 73.0 Å². The Balaban J connectivity index is 0.00000847. The molecule has 1 heterocycles. The SMILES string of the molecule is C/C=C/C[C@@H](C)[C@@H](O)[C@@H]1CC(=O)[C@H](C(C)C)N(C)C(=O)[C@H](CC(C)C)CC(=O)[C@H](CC(C)C)N(C)C(=O)[C@@H](C)NC(=O)[C@H](C)CC(=O)[C@H](CC(C)C)N(C)C(=O)[C@H](C(C)C)CC(=O)[C@H]([C@@H](C)OCCCCOC(=O)N(C)C)N(C)C(=O)CCC(=O)[C@H](CC)NC1=O.CC(=O)OCCCCC(C)C. The molecule has 102 heavy (non-hydrogen) atoms. The first-order chi connectivity index (χ1) is 47.4. The van der Waals surface area contributed by atoms with Crippen molar-refractivity contribution in [2.45, 2.75) is 283 Å². The molecule has 1 fully saturated rings. The molecule has 1 rings (SSSR count). The van der Waals surface area contributed by atoms with E-state index in [1.807, 2.05) is 54.5 Å². The monoisotopic (exact) mass is 1440 g/mol. The lowest BCUT2D eigenvalue weighted by Gasteiger charge is -2.36. The van der Waals surface area contributed by atoms with Gasteiger partial charge in [-0.1, -0.05) is 122 Å². The molecule has 0 unspecified atom stereocenters. The summed E-state index contributed by atoms with van der Waals surface area (Å²) >= 11 is 0. The first-order valence-electron chi connectivity index (χ1n) is 37.6. The van der Waals surface area contributed by atoms with Crippen LogP contribution in [0.2, 0.25) is 0 Å². The Morgan fingerprint density at radius 2 is 1.07 bits per heavy atom. The average molecular weight is 1440 g/mol. The molecule has 0 bridgehead atoms. The number of carbonyl (C=O) groups excluding carboxylic acids is 13. The fraction of sp³-hybridized carbons (Fsp3) is 0.808. The minimum atomic E-state index is -1.40. The van der Waals surface area contributed by atoms with Crippen LogP contribution < -0.4 is 10.6 Å². The van der Waals surface area contributed by atoms with Gasteiger partial charge in [0.25, 0.3) is 0 Å². The number of ketones is 5. The van der Waals surface area contributed by atoms with Crippen molar-refractivity contribution in [1.82, 2.24) is 35.1 Å². The zero-order valence-electron chi connectivity index (χ0n) is 67.3. The van der Waals surface area contributed by atoms with E-state index < -0.39 is 173 Å². The molecule has 0 radical (unpaired) electrons. The molecule has 0 aromatic heterocycles. The fourth-order valence-electron chi connectivity index (χ4n) is 12.9. The molecule has 0 saturated carbocycles. The summed E-state index contributed by atoms with van der Waals surface area (Å²) in [6.07, 6.45) is 3.76. The number of Topliss-reactive ketones (excluding diaryl/α,β-unsaturated/α-hetero) is 5. The normalized spacial score (nSPS) is 24.5. The molecular formula is C78H137N7O17. The quantitative estimate of drug-likeness (QED) is 0.0435. The van der Waals surface area contributed by atoms with E-state index in [4.69, 9.17) is 14.2 Å². The molecule has 586 valence electrons. The predicted octanol–water partition coefficient (Wildman–Crippen LogP) is 10.1. The highest BCUT2D eigenvalue weighted by Gasteiger charge is 2.43. The molecule has 13 atom stereocenters. The van der Waals surface area contributed by atoms with E-state index in [1.54, 1.807) is 75.6 Å². The zero-order valence-corrected chi connectivity index (χ0v) is 67.3. The summed E-state index contributed by atoms with van der Waals surface area (Å²) in [4.78, 5) is 189. The van der Waals surface area contributed by atoms with Gasteiger partial charge in [-0.25, -0.2) is 4.79 Å². The topological polar surface area (TPSA) is 310 Å². The Bertz CT molecular complexity index is 2710. The maximum atomic E-state index is 14.9. The highest BCUT2D eigenvalue weighted by Crippen LogP contribution is 2.30. The van der Waals surface area contributed by atoms with Crippen LogP contribution >= 0.6 is 0 Å². The molecule has 24 heteroatoms.